The summed E-state index contributed by atoms with van der Waals surface area (Å²) < 4.78 is 1.84. The third kappa shape index (κ3) is 4.35. The monoisotopic (exact) mass is 516 g/mol. The van der Waals surface area contributed by atoms with Crippen LogP contribution < -0.4 is 5.56 Å². The Hall–Kier alpha value is -3.02. The van der Waals surface area contributed by atoms with E-state index in [9.17, 15) is 9.59 Å². The number of nitrogens with zero attached hydrogens (tertiary/aromatic N) is 2. The van der Waals surface area contributed by atoms with Crippen molar-refractivity contribution in [2.75, 3.05) is 0 Å². The Morgan fingerprint density at radius 1 is 0.972 bits per heavy atom. The highest BCUT2D eigenvalue weighted by atomic mass is 35.5. The van der Waals surface area contributed by atoms with E-state index in [2.05, 4.69) is 45.9 Å². The van der Waals surface area contributed by atoms with Crippen molar-refractivity contribution in [3.8, 4) is 27.5 Å². The van der Waals surface area contributed by atoms with E-state index >= 15 is 0 Å². The van der Waals surface area contributed by atoms with Crippen LogP contribution in [-0.2, 0) is 19.3 Å². The molecule has 0 aliphatic heterocycles. The Morgan fingerprint density at radius 3 is 2.28 bits per heavy atom. The minimum absolute atomic E-state index is 0.0813. The number of pyridine rings is 1. The van der Waals surface area contributed by atoms with Gasteiger partial charge in [-0.1, -0.05) is 69.6 Å². The second-order valence-electron chi connectivity index (χ2n) is 10.2. The summed E-state index contributed by atoms with van der Waals surface area (Å²) in [6, 6.07) is 15.5. The molecule has 2 aromatic heterocycles. The molecule has 1 aliphatic rings. The van der Waals surface area contributed by atoms with Gasteiger partial charge in [0.15, 0.2) is 5.78 Å². The van der Waals surface area contributed by atoms with Gasteiger partial charge in [-0.3, -0.25) is 14.2 Å². The van der Waals surface area contributed by atoms with E-state index in [1.54, 1.807) is 6.07 Å². The molecule has 0 fully saturated rings. The third-order valence-electron chi connectivity index (χ3n) is 6.95. The number of hydrogen-bond donors (Lipinski definition) is 0. The lowest BCUT2D eigenvalue weighted by Gasteiger charge is -2.33. The summed E-state index contributed by atoms with van der Waals surface area (Å²) >= 11 is 7.48. The fourth-order valence-electron chi connectivity index (χ4n) is 5.16. The SMILES string of the molecule is CCc1cccc(CC)c1-n1c2c(cc(-c3nc(-c4ccc(Cl)cc4)cs3)c1=O)C(=O)CC(C)(C)C2. The number of carbonyl (C=O) groups excluding carboxylic acids is 1. The van der Waals surface area contributed by atoms with Gasteiger partial charge in [0.05, 0.1) is 16.9 Å². The molecule has 2 heterocycles. The molecule has 0 unspecified atom stereocenters. The highest BCUT2D eigenvalue weighted by Gasteiger charge is 2.35. The fraction of sp³-hybridized carbons (Fsp3) is 0.300. The molecule has 5 rings (SSSR count). The summed E-state index contributed by atoms with van der Waals surface area (Å²) in [4.78, 5) is 32.5. The molecule has 4 nitrogen and oxygen atoms in total. The first-order valence-corrected chi connectivity index (χ1v) is 13.6. The van der Waals surface area contributed by atoms with Gasteiger partial charge in [0.2, 0.25) is 0 Å². The number of thiazole rings is 1. The summed E-state index contributed by atoms with van der Waals surface area (Å²) in [5.74, 6) is 0.0813. The van der Waals surface area contributed by atoms with Crippen LogP contribution in [0, 0.1) is 5.41 Å². The van der Waals surface area contributed by atoms with Crippen LogP contribution in [-0.4, -0.2) is 15.3 Å². The Labute approximate surface area is 220 Å². The van der Waals surface area contributed by atoms with Crippen LogP contribution in [0.1, 0.15) is 61.3 Å². The first kappa shape index (κ1) is 24.7. The number of aromatic nitrogens is 2. The second kappa shape index (κ2) is 9.45. The summed E-state index contributed by atoms with van der Waals surface area (Å²) in [5, 5.41) is 3.23. The predicted molar refractivity (Wildman–Crippen MR) is 149 cm³/mol. The number of para-hydroxylation sites is 1. The number of Topliss-reactive ketones (excluding diaryl/α,β-unsaturated/α-hetero) is 1. The Kier molecular flexibility index (Phi) is 6.48. The smallest absolute Gasteiger partial charge is 0.265 e. The van der Waals surface area contributed by atoms with Crippen LogP contribution >= 0.6 is 22.9 Å². The van der Waals surface area contributed by atoms with Gasteiger partial charge < -0.3 is 0 Å². The molecule has 0 N–H and O–H groups in total. The normalized spacial score (nSPS) is 14.6. The summed E-state index contributed by atoms with van der Waals surface area (Å²) in [5.41, 5.74) is 6.44. The lowest BCUT2D eigenvalue weighted by Crippen LogP contribution is -2.35. The lowest BCUT2D eigenvalue weighted by atomic mass is 9.75. The number of rotatable bonds is 5. The van der Waals surface area contributed by atoms with Crippen molar-refractivity contribution in [3.05, 3.63) is 91.7 Å². The van der Waals surface area contributed by atoms with E-state index in [1.165, 1.54) is 11.3 Å². The van der Waals surface area contributed by atoms with Crippen molar-refractivity contribution in [2.45, 2.75) is 53.4 Å². The molecule has 0 amide bonds. The van der Waals surface area contributed by atoms with Crippen molar-refractivity contribution in [1.82, 2.24) is 9.55 Å². The third-order valence-corrected chi connectivity index (χ3v) is 8.08. The summed E-state index contributed by atoms with van der Waals surface area (Å²) in [6.07, 6.45) is 2.72. The maximum absolute atomic E-state index is 14.3. The average molecular weight is 517 g/mol. The molecule has 0 spiro atoms. The Morgan fingerprint density at radius 2 is 1.64 bits per heavy atom. The quantitative estimate of drug-likeness (QED) is 0.275. The van der Waals surface area contributed by atoms with Crippen LogP contribution in [0.25, 0.3) is 27.5 Å². The van der Waals surface area contributed by atoms with E-state index in [1.807, 2.05) is 34.2 Å². The van der Waals surface area contributed by atoms with Crippen LogP contribution in [0.5, 0.6) is 0 Å². The van der Waals surface area contributed by atoms with Gasteiger partial charge in [0.1, 0.15) is 5.01 Å². The molecule has 2 aromatic carbocycles. The highest BCUT2D eigenvalue weighted by molar-refractivity contribution is 7.13. The minimum Gasteiger partial charge on any atom is -0.294 e. The summed E-state index contributed by atoms with van der Waals surface area (Å²) in [7, 11) is 0. The van der Waals surface area contributed by atoms with Gasteiger partial charge in [-0.25, -0.2) is 4.98 Å². The van der Waals surface area contributed by atoms with Gasteiger partial charge >= 0.3 is 0 Å². The first-order chi connectivity index (χ1) is 17.2. The zero-order valence-electron chi connectivity index (χ0n) is 21.0. The summed E-state index contributed by atoms with van der Waals surface area (Å²) in [6.45, 7) is 8.41. The minimum atomic E-state index is -0.212. The fourth-order valence-corrected chi connectivity index (χ4v) is 6.12. The zero-order valence-corrected chi connectivity index (χ0v) is 22.6. The number of carbonyl (C=O) groups is 1. The van der Waals surface area contributed by atoms with Crippen molar-refractivity contribution >= 4 is 28.7 Å². The van der Waals surface area contributed by atoms with E-state index < -0.39 is 0 Å². The van der Waals surface area contributed by atoms with Crippen molar-refractivity contribution in [1.29, 1.82) is 0 Å². The number of aryl methyl sites for hydroxylation is 2. The van der Waals surface area contributed by atoms with E-state index in [-0.39, 0.29) is 16.8 Å². The lowest BCUT2D eigenvalue weighted by molar-refractivity contribution is 0.0909. The number of halogens is 1. The molecule has 184 valence electrons. The Balaban J connectivity index is 1.79. The van der Waals surface area contributed by atoms with E-state index in [0.29, 0.717) is 34.0 Å². The number of ketones is 1. The van der Waals surface area contributed by atoms with Crippen LogP contribution in [0.4, 0.5) is 0 Å². The van der Waals surface area contributed by atoms with Gasteiger partial charge in [-0.15, -0.1) is 11.3 Å². The number of hydrogen-bond acceptors (Lipinski definition) is 4. The molecular formula is C30H29ClN2O2S. The van der Waals surface area contributed by atoms with Crippen molar-refractivity contribution < 1.29 is 4.79 Å². The van der Waals surface area contributed by atoms with E-state index in [4.69, 9.17) is 16.6 Å². The molecule has 0 atom stereocenters. The number of benzene rings is 2. The molecule has 1 aliphatic carbocycles. The molecule has 36 heavy (non-hydrogen) atoms. The highest BCUT2D eigenvalue weighted by Crippen LogP contribution is 2.38. The molecule has 0 radical (unpaired) electrons. The average Bonchev–Trinajstić information content (AvgIpc) is 3.33. The van der Waals surface area contributed by atoms with E-state index in [0.717, 1.165) is 46.6 Å². The first-order valence-electron chi connectivity index (χ1n) is 12.4. The van der Waals surface area contributed by atoms with Gasteiger partial charge in [0.25, 0.3) is 5.56 Å². The van der Waals surface area contributed by atoms with Gasteiger partial charge in [-0.2, -0.15) is 0 Å². The largest absolute Gasteiger partial charge is 0.294 e. The topological polar surface area (TPSA) is 52.0 Å². The maximum atomic E-state index is 14.3. The molecule has 4 aromatic rings. The molecule has 0 saturated heterocycles. The zero-order chi connectivity index (χ0) is 25.6. The molecular weight excluding hydrogens is 488 g/mol. The van der Waals surface area contributed by atoms with Gasteiger partial charge in [-0.05, 0) is 54.0 Å². The standard InChI is InChI=1S/C30H29ClN2O2S/c1-5-18-8-7-9-19(6-2)27(18)33-25-15-30(3,4)16-26(34)22(25)14-23(29(33)35)28-32-24(17-36-28)20-10-12-21(31)13-11-20/h7-14,17H,5-6,15-16H2,1-4H3. The number of fused-ring (bicyclic) bond motifs is 1. The van der Waals surface area contributed by atoms with Crippen LogP contribution in [0.2, 0.25) is 5.02 Å². The van der Waals surface area contributed by atoms with Crippen LogP contribution in [0.15, 0.2) is 58.7 Å². The van der Waals surface area contributed by atoms with Crippen LogP contribution in [0.3, 0.4) is 0 Å². The van der Waals surface area contributed by atoms with Gasteiger partial charge in [0, 0.05) is 33.6 Å². The molecule has 0 saturated carbocycles. The van der Waals surface area contributed by atoms with Crippen molar-refractivity contribution in [3.63, 3.8) is 0 Å². The maximum Gasteiger partial charge on any atom is 0.265 e. The molecule has 6 heteroatoms. The molecule has 0 bridgehead atoms. The van der Waals surface area contributed by atoms with Crippen molar-refractivity contribution in [2.24, 2.45) is 5.41 Å². The second-order valence-corrected chi connectivity index (χ2v) is 11.5. The Bertz CT molecular complexity index is 1510. The predicted octanol–water partition coefficient (Wildman–Crippen LogP) is 7.56.